The Hall–Kier alpha value is -2.70. The van der Waals surface area contributed by atoms with E-state index in [1.54, 1.807) is 20.4 Å². The highest BCUT2D eigenvalue weighted by Gasteiger charge is 2.24. The molecule has 1 N–H and O–H groups in total. The molecule has 0 aliphatic carbocycles. The van der Waals surface area contributed by atoms with Gasteiger partial charge in [0.05, 0.1) is 20.5 Å². The van der Waals surface area contributed by atoms with Crippen LogP contribution in [0.15, 0.2) is 36.9 Å². The first kappa shape index (κ1) is 18.1. The number of ether oxygens (including phenoxy) is 2. The van der Waals surface area contributed by atoms with Crippen LogP contribution >= 0.6 is 0 Å². The molecule has 1 aliphatic rings. The average Bonchev–Trinajstić information content (AvgIpc) is 3.19. The lowest BCUT2D eigenvalue weighted by atomic mass is 9.98. The summed E-state index contributed by atoms with van der Waals surface area (Å²) in [5.41, 5.74) is 0.896. The Labute approximate surface area is 153 Å². The van der Waals surface area contributed by atoms with Crippen LogP contribution in [0.2, 0.25) is 0 Å². The van der Waals surface area contributed by atoms with Crippen LogP contribution in [-0.2, 0) is 13.1 Å². The van der Waals surface area contributed by atoms with Crippen LogP contribution in [0.4, 0.5) is 4.79 Å². The molecule has 1 atom stereocenters. The summed E-state index contributed by atoms with van der Waals surface area (Å²) in [6.07, 6.45) is 7.73. The summed E-state index contributed by atoms with van der Waals surface area (Å²) in [5, 5.41) is 3.01. The van der Waals surface area contributed by atoms with Crippen LogP contribution in [0.3, 0.4) is 0 Å². The number of piperidine rings is 1. The molecule has 2 heterocycles. The Balaban J connectivity index is 1.56. The predicted octanol–water partition coefficient (Wildman–Crippen LogP) is 2.52. The van der Waals surface area contributed by atoms with Gasteiger partial charge in [0.25, 0.3) is 0 Å². The maximum absolute atomic E-state index is 12.6. The number of nitrogens with one attached hydrogen (secondary N) is 1. The molecule has 140 valence electrons. The Morgan fingerprint density at radius 2 is 2.23 bits per heavy atom. The van der Waals surface area contributed by atoms with Crippen molar-refractivity contribution in [3.63, 3.8) is 0 Å². The van der Waals surface area contributed by atoms with Gasteiger partial charge in [-0.2, -0.15) is 0 Å². The normalized spacial score (nSPS) is 17.0. The standard InChI is InChI=1S/C19H26N4O3/c1-25-17-5-6-18(26-2)16(10-17)11-21-19(24)23-8-3-4-15(13-23)12-22-9-7-20-14-22/h5-7,9-10,14-15H,3-4,8,11-13H2,1-2H3,(H,21,24)/t15-/m1/s1. The Morgan fingerprint density at radius 3 is 2.96 bits per heavy atom. The number of amides is 2. The zero-order valence-electron chi connectivity index (χ0n) is 15.4. The van der Waals surface area contributed by atoms with Gasteiger partial charge in [-0.3, -0.25) is 0 Å². The SMILES string of the molecule is COc1ccc(OC)c(CNC(=O)N2CCC[C@H](Cn3ccnc3)C2)c1. The van der Waals surface area contributed by atoms with Crippen LogP contribution in [-0.4, -0.2) is 47.8 Å². The molecule has 1 aliphatic heterocycles. The first-order valence-corrected chi connectivity index (χ1v) is 8.89. The van der Waals surface area contributed by atoms with E-state index in [2.05, 4.69) is 14.9 Å². The molecule has 1 aromatic heterocycles. The molecule has 0 bridgehead atoms. The lowest BCUT2D eigenvalue weighted by molar-refractivity contribution is 0.159. The van der Waals surface area contributed by atoms with E-state index in [0.717, 1.165) is 49.5 Å². The zero-order chi connectivity index (χ0) is 18.4. The highest BCUT2D eigenvalue weighted by atomic mass is 16.5. The molecular weight excluding hydrogens is 332 g/mol. The number of hydrogen-bond acceptors (Lipinski definition) is 4. The van der Waals surface area contributed by atoms with Gasteiger partial charge in [-0.15, -0.1) is 0 Å². The Bertz CT molecular complexity index is 718. The maximum Gasteiger partial charge on any atom is 0.317 e. The fourth-order valence-electron chi connectivity index (χ4n) is 3.39. The first-order chi connectivity index (χ1) is 12.7. The van der Waals surface area contributed by atoms with Crippen LogP contribution in [0.25, 0.3) is 0 Å². The minimum Gasteiger partial charge on any atom is -0.497 e. The number of imidazole rings is 1. The van der Waals surface area contributed by atoms with E-state index < -0.39 is 0 Å². The minimum absolute atomic E-state index is 0.0368. The Kier molecular flexibility index (Phi) is 5.99. The molecule has 0 saturated carbocycles. The van der Waals surface area contributed by atoms with Gasteiger partial charge in [0, 0.05) is 44.1 Å². The molecule has 1 fully saturated rings. The van der Waals surface area contributed by atoms with Crippen molar-refractivity contribution in [2.75, 3.05) is 27.3 Å². The average molecular weight is 358 g/mol. The number of nitrogens with zero attached hydrogens (tertiary/aromatic N) is 3. The highest BCUT2D eigenvalue weighted by Crippen LogP contribution is 2.24. The minimum atomic E-state index is -0.0368. The second kappa shape index (κ2) is 8.60. The summed E-state index contributed by atoms with van der Waals surface area (Å²) in [6.45, 7) is 2.86. The third-order valence-corrected chi connectivity index (χ3v) is 4.75. The number of likely N-dealkylation sites (tertiary alicyclic amines) is 1. The predicted molar refractivity (Wildman–Crippen MR) is 98.3 cm³/mol. The van der Waals surface area contributed by atoms with Gasteiger partial charge in [-0.1, -0.05) is 0 Å². The molecule has 0 unspecified atom stereocenters. The van der Waals surface area contributed by atoms with Gasteiger partial charge >= 0.3 is 6.03 Å². The molecule has 0 radical (unpaired) electrons. The number of carbonyl (C=O) groups is 1. The number of methoxy groups -OCH3 is 2. The molecule has 7 heteroatoms. The van der Waals surface area contributed by atoms with Crippen LogP contribution in [0.1, 0.15) is 18.4 Å². The summed E-state index contributed by atoms with van der Waals surface area (Å²) >= 11 is 0. The number of urea groups is 1. The van der Waals surface area contributed by atoms with Crippen molar-refractivity contribution >= 4 is 6.03 Å². The topological polar surface area (TPSA) is 68.6 Å². The fraction of sp³-hybridized carbons (Fsp3) is 0.474. The third kappa shape index (κ3) is 4.47. The van der Waals surface area contributed by atoms with E-state index >= 15 is 0 Å². The number of rotatable bonds is 6. The number of benzene rings is 1. The maximum atomic E-state index is 12.6. The van der Waals surface area contributed by atoms with Crippen molar-refractivity contribution in [3.8, 4) is 11.5 Å². The van der Waals surface area contributed by atoms with Gasteiger partial charge in [-0.25, -0.2) is 9.78 Å². The lowest BCUT2D eigenvalue weighted by Crippen LogP contribution is -2.46. The highest BCUT2D eigenvalue weighted by molar-refractivity contribution is 5.74. The van der Waals surface area contributed by atoms with E-state index in [-0.39, 0.29) is 6.03 Å². The largest absolute Gasteiger partial charge is 0.497 e. The molecule has 2 amide bonds. The molecule has 26 heavy (non-hydrogen) atoms. The van der Waals surface area contributed by atoms with Gasteiger partial charge < -0.3 is 24.3 Å². The van der Waals surface area contributed by atoms with Gasteiger partial charge in [-0.05, 0) is 37.0 Å². The number of aromatic nitrogens is 2. The summed E-state index contributed by atoms with van der Waals surface area (Å²) in [7, 11) is 3.25. The van der Waals surface area contributed by atoms with Crippen molar-refractivity contribution in [3.05, 3.63) is 42.5 Å². The van der Waals surface area contributed by atoms with Crippen molar-refractivity contribution < 1.29 is 14.3 Å². The Morgan fingerprint density at radius 1 is 1.35 bits per heavy atom. The summed E-state index contributed by atoms with van der Waals surface area (Å²) < 4.78 is 12.7. The molecular formula is C19H26N4O3. The van der Waals surface area contributed by atoms with Crippen molar-refractivity contribution in [2.24, 2.45) is 5.92 Å². The molecule has 3 rings (SSSR count). The van der Waals surface area contributed by atoms with Crippen LogP contribution in [0.5, 0.6) is 11.5 Å². The summed E-state index contributed by atoms with van der Waals surface area (Å²) in [5.74, 6) is 1.94. The van der Waals surface area contributed by atoms with Crippen molar-refractivity contribution in [2.45, 2.75) is 25.9 Å². The number of hydrogen-bond donors (Lipinski definition) is 1. The fourth-order valence-corrected chi connectivity index (χ4v) is 3.39. The zero-order valence-corrected chi connectivity index (χ0v) is 15.4. The van der Waals surface area contributed by atoms with Crippen LogP contribution < -0.4 is 14.8 Å². The molecule has 2 aromatic rings. The van der Waals surface area contributed by atoms with E-state index in [4.69, 9.17) is 9.47 Å². The van der Waals surface area contributed by atoms with E-state index in [0.29, 0.717) is 12.5 Å². The second-order valence-corrected chi connectivity index (χ2v) is 6.55. The summed E-state index contributed by atoms with van der Waals surface area (Å²) in [4.78, 5) is 18.6. The first-order valence-electron chi connectivity index (χ1n) is 8.89. The van der Waals surface area contributed by atoms with E-state index in [9.17, 15) is 4.79 Å². The van der Waals surface area contributed by atoms with Crippen molar-refractivity contribution in [1.29, 1.82) is 0 Å². The molecule has 1 aromatic carbocycles. The van der Waals surface area contributed by atoms with Crippen LogP contribution in [0, 0.1) is 5.92 Å². The van der Waals surface area contributed by atoms with Gasteiger partial charge in [0.2, 0.25) is 0 Å². The second-order valence-electron chi connectivity index (χ2n) is 6.55. The molecule has 1 saturated heterocycles. The summed E-state index contributed by atoms with van der Waals surface area (Å²) in [6, 6.07) is 5.54. The third-order valence-electron chi connectivity index (χ3n) is 4.75. The smallest absolute Gasteiger partial charge is 0.317 e. The molecule has 7 nitrogen and oxygen atoms in total. The molecule has 0 spiro atoms. The van der Waals surface area contributed by atoms with E-state index in [1.807, 2.05) is 35.6 Å². The van der Waals surface area contributed by atoms with Crippen molar-refractivity contribution in [1.82, 2.24) is 19.8 Å². The van der Waals surface area contributed by atoms with Gasteiger partial charge in [0.15, 0.2) is 0 Å². The quantitative estimate of drug-likeness (QED) is 0.862. The van der Waals surface area contributed by atoms with E-state index in [1.165, 1.54) is 0 Å². The lowest BCUT2D eigenvalue weighted by Gasteiger charge is -2.33. The number of carbonyl (C=O) groups excluding carboxylic acids is 1. The van der Waals surface area contributed by atoms with Gasteiger partial charge in [0.1, 0.15) is 11.5 Å². The monoisotopic (exact) mass is 358 g/mol.